The van der Waals surface area contributed by atoms with Crippen LogP contribution in [-0.2, 0) is 11.2 Å². The molecule has 3 rings (SSSR count). The number of nitrogens with zero attached hydrogens (tertiary/aromatic N) is 3. The molecule has 6 heteroatoms. The van der Waals surface area contributed by atoms with Crippen LogP contribution in [0.15, 0.2) is 29.2 Å². The second-order valence-electron chi connectivity index (χ2n) is 5.79. The summed E-state index contributed by atoms with van der Waals surface area (Å²) in [5, 5.41) is 0. The van der Waals surface area contributed by atoms with Crippen LogP contribution in [0.25, 0.3) is 11.4 Å². The third-order valence-electron chi connectivity index (χ3n) is 4.21. The van der Waals surface area contributed by atoms with Crippen LogP contribution >= 0.6 is 0 Å². The van der Waals surface area contributed by atoms with Gasteiger partial charge in [-0.15, -0.1) is 0 Å². The monoisotopic (exact) mass is 314 g/mol. The molecule has 1 N–H and O–H groups in total. The molecule has 1 aliphatic heterocycles. The molecule has 3 heterocycles. The molecule has 1 saturated heterocycles. The number of H-pyrrole nitrogens is 1. The molecule has 0 spiro atoms. The van der Waals surface area contributed by atoms with E-state index in [4.69, 9.17) is 4.74 Å². The number of anilines is 1. The predicted molar refractivity (Wildman–Crippen MR) is 89.7 cm³/mol. The average molecular weight is 314 g/mol. The molecule has 0 aliphatic carbocycles. The lowest BCUT2D eigenvalue weighted by Crippen LogP contribution is -2.39. The van der Waals surface area contributed by atoms with E-state index in [9.17, 15) is 4.79 Å². The van der Waals surface area contributed by atoms with Gasteiger partial charge in [0.1, 0.15) is 11.6 Å². The molecule has 6 nitrogen and oxygen atoms in total. The van der Waals surface area contributed by atoms with Gasteiger partial charge in [-0.1, -0.05) is 6.92 Å². The van der Waals surface area contributed by atoms with Crippen LogP contribution in [0.5, 0.6) is 0 Å². The molecule has 1 unspecified atom stereocenters. The molecule has 0 amide bonds. The summed E-state index contributed by atoms with van der Waals surface area (Å²) in [6.07, 6.45) is 4.97. The maximum Gasteiger partial charge on any atom is 0.251 e. The quantitative estimate of drug-likeness (QED) is 0.935. The SMILES string of the molecule is CCc1cc(=O)[nH]c(-c2ccc(N3CCCC(OC)C3)nc2)n1. The molecular weight excluding hydrogens is 292 g/mol. The minimum absolute atomic E-state index is 0.130. The third kappa shape index (κ3) is 3.59. The van der Waals surface area contributed by atoms with Crippen LogP contribution in [0, 0.1) is 0 Å². The number of piperidine rings is 1. The van der Waals surface area contributed by atoms with Gasteiger partial charge in [-0.3, -0.25) is 4.79 Å². The van der Waals surface area contributed by atoms with E-state index >= 15 is 0 Å². The van der Waals surface area contributed by atoms with E-state index in [0.717, 1.165) is 49.4 Å². The lowest BCUT2D eigenvalue weighted by molar-refractivity contribution is 0.0891. The summed E-state index contributed by atoms with van der Waals surface area (Å²) in [5.41, 5.74) is 1.48. The van der Waals surface area contributed by atoms with Crippen LogP contribution in [0.3, 0.4) is 0 Å². The van der Waals surface area contributed by atoms with Gasteiger partial charge in [-0.05, 0) is 31.4 Å². The van der Waals surface area contributed by atoms with Gasteiger partial charge in [-0.25, -0.2) is 9.97 Å². The molecule has 2 aromatic rings. The van der Waals surface area contributed by atoms with Crippen molar-refractivity contribution < 1.29 is 4.74 Å². The summed E-state index contributed by atoms with van der Waals surface area (Å²) in [4.78, 5) is 25.7. The number of aromatic amines is 1. The largest absolute Gasteiger partial charge is 0.380 e. The molecule has 1 aliphatic rings. The van der Waals surface area contributed by atoms with E-state index in [-0.39, 0.29) is 11.7 Å². The summed E-state index contributed by atoms with van der Waals surface area (Å²) in [6, 6.07) is 5.46. The van der Waals surface area contributed by atoms with E-state index in [1.807, 2.05) is 19.1 Å². The Labute approximate surface area is 135 Å². The van der Waals surface area contributed by atoms with Gasteiger partial charge in [0, 0.05) is 43.7 Å². The fourth-order valence-electron chi connectivity index (χ4n) is 2.88. The van der Waals surface area contributed by atoms with Crippen molar-refractivity contribution in [3.05, 3.63) is 40.4 Å². The predicted octanol–water partition coefficient (Wildman–Crippen LogP) is 2.01. The van der Waals surface area contributed by atoms with Crippen molar-refractivity contribution in [1.29, 1.82) is 0 Å². The van der Waals surface area contributed by atoms with Crippen LogP contribution in [0.1, 0.15) is 25.5 Å². The van der Waals surface area contributed by atoms with Crippen LogP contribution in [0.2, 0.25) is 0 Å². The van der Waals surface area contributed by atoms with Crippen LogP contribution in [0.4, 0.5) is 5.82 Å². The van der Waals surface area contributed by atoms with Gasteiger partial charge in [0.05, 0.1) is 6.10 Å². The van der Waals surface area contributed by atoms with Gasteiger partial charge in [0.25, 0.3) is 5.56 Å². The molecule has 0 radical (unpaired) electrons. The molecule has 1 fully saturated rings. The number of hydrogen-bond donors (Lipinski definition) is 1. The Balaban J connectivity index is 1.82. The second-order valence-corrected chi connectivity index (χ2v) is 5.79. The molecule has 1 atom stereocenters. The number of hydrogen-bond acceptors (Lipinski definition) is 5. The lowest BCUT2D eigenvalue weighted by atomic mass is 10.1. The Morgan fingerprint density at radius 3 is 3.00 bits per heavy atom. The van der Waals surface area contributed by atoms with E-state index in [0.29, 0.717) is 5.82 Å². The molecule has 0 bridgehead atoms. The van der Waals surface area contributed by atoms with Crippen molar-refractivity contribution in [2.24, 2.45) is 0 Å². The van der Waals surface area contributed by atoms with E-state index < -0.39 is 0 Å². The molecule has 0 aromatic carbocycles. The minimum atomic E-state index is -0.130. The van der Waals surface area contributed by atoms with Gasteiger partial charge in [0.15, 0.2) is 0 Å². The van der Waals surface area contributed by atoms with Crippen molar-refractivity contribution >= 4 is 5.82 Å². The standard InChI is InChI=1S/C17H22N4O2/c1-3-13-9-16(22)20-17(19-13)12-6-7-15(18-10-12)21-8-4-5-14(11-21)23-2/h6-7,9-10,14H,3-5,8,11H2,1-2H3,(H,19,20,22). The number of ether oxygens (including phenoxy) is 1. The first kappa shape index (κ1) is 15.7. The highest BCUT2D eigenvalue weighted by Gasteiger charge is 2.20. The Morgan fingerprint density at radius 1 is 1.43 bits per heavy atom. The third-order valence-corrected chi connectivity index (χ3v) is 4.21. The highest BCUT2D eigenvalue weighted by Crippen LogP contribution is 2.21. The van der Waals surface area contributed by atoms with Gasteiger partial charge in [0.2, 0.25) is 0 Å². The molecule has 23 heavy (non-hydrogen) atoms. The Morgan fingerprint density at radius 2 is 2.30 bits per heavy atom. The molecule has 0 saturated carbocycles. The number of pyridine rings is 1. The topological polar surface area (TPSA) is 71.1 Å². The van der Waals surface area contributed by atoms with E-state index in [1.165, 1.54) is 6.07 Å². The van der Waals surface area contributed by atoms with Gasteiger partial charge >= 0.3 is 0 Å². The molecule has 2 aromatic heterocycles. The number of aryl methyl sites for hydroxylation is 1. The number of rotatable bonds is 4. The summed E-state index contributed by atoms with van der Waals surface area (Å²) in [5.74, 6) is 1.51. The minimum Gasteiger partial charge on any atom is -0.380 e. The first-order valence-electron chi connectivity index (χ1n) is 8.04. The van der Waals surface area contributed by atoms with Crippen molar-refractivity contribution in [1.82, 2.24) is 15.0 Å². The van der Waals surface area contributed by atoms with Crippen molar-refractivity contribution in [3.8, 4) is 11.4 Å². The first-order chi connectivity index (χ1) is 11.2. The normalized spacial score (nSPS) is 18.2. The zero-order valence-electron chi connectivity index (χ0n) is 13.6. The Bertz CT molecular complexity index is 711. The smallest absolute Gasteiger partial charge is 0.251 e. The van der Waals surface area contributed by atoms with Crippen molar-refractivity contribution in [2.45, 2.75) is 32.3 Å². The van der Waals surface area contributed by atoms with E-state index in [2.05, 4.69) is 19.9 Å². The second kappa shape index (κ2) is 6.91. The van der Waals surface area contributed by atoms with Crippen LogP contribution < -0.4 is 10.5 Å². The highest BCUT2D eigenvalue weighted by atomic mass is 16.5. The van der Waals surface area contributed by atoms with Gasteiger partial charge < -0.3 is 14.6 Å². The zero-order chi connectivity index (χ0) is 16.2. The maximum absolute atomic E-state index is 11.7. The number of nitrogens with one attached hydrogen (secondary N) is 1. The van der Waals surface area contributed by atoms with Crippen molar-refractivity contribution in [2.75, 3.05) is 25.1 Å². The molecular formula is C17H22N4O2. The summed E-state index contributed by atoms with van der Waals surface area (Å²) >= 11 is 0. The lowest BCUT2D eigenvalue weighted by Gasteiger charge is -2.32. The first-order valence-corrected chi connectivity index (χ1v) is 8.04. The summed E-state index contributed by atoms with van der Waals surface area (Å²) in [6.45, 7) is 3.84. The van der Waals surface area contributed by atoms with Crippen molar-refractivity contribution in [3.63, 3.8) is 0 Å². The fraction of sp³-hybridized carbons (Fsp3) is 0.471. The Hall–Kier alpha value is -2.21. The average Bonchev–Trinajstić information content (AvgIpc) is 2.61. The summed E-state index contributed by atoms with van der Waals surface area (Å²) < 4.78 is 5.46. The molecule has 122 valence electrons. The highest BCUT2D eigenvalue weighted by molar-refractivity contribution is 5.56. The zero-order valence-corrected chi connectivity index (χ0v) is 13.6. The number of methoxy groups -OCH3 is 1. The fourth-order valence-corrected chi connectivity index (χ4v) is 2.88. The van der Waals surface area contributed by atoms with Crippen LogP contribution in [-0.4, -0.2) is 41.3 Å². The van der Waals surface area contributed by atoms with Gasteiger partial charge in [-0.2, -0.15) is 0 Å². The maximum atomic E-state index is 11.7. The Kier molecular flexibility index (Phi) is 4.71. The summed E-state index contributed by atoms with van der Waals surface area (Å²) in [7, 11) is 1.76. The number of aromatic nitrogens is 3. The van der Waals surface area contributed by atoms with E-state index in [1.54, 1.807) is 13.3 Å².